The molecule has 0 radical (unpaired) electrons. The van der Waals surface area contributed by atoms with E-state index in [1.54, 1.807) is 0 Å². The van der Waals surface area contributed by atoms with Gasteiger partial charge in [-0.25, -0.2) is 0 Å². The van der Waals surface area contributed by atoms with Crippen LogP contribution in [0.15, 0.2) is 0 Å². The van der Waals surface area contributed by atoms with Crippen LogP contribution in [0.25, 0.3) is 0 Å². The van der Waals surface area contributed by atoms with E-state index in [1.165, 1.54) is 6.42 Å². The quantitative estimate of drug-likeness (QED) is 0.790. The Morgan fingerprint density at radius 1 is 1.05 bits per heavy atom. The molecule has 0 heterocycles. The van der Waals surface area contributed by atoms with Gasteiger partial charge in [-0.15, -0.1) is 0 Å². The van der Waals surface area contributed by atoms with Crippen LogP contribution in [0.5, 0.6) is 0 Å². The zero-order valence-corrected chi connectivity index (χ0v) is 12.9. The highest BCUT2D eigenvalue weighted by Crippen LogP contribution is 2.65. The molecule has 0 aromatic heterocycles. The number of hydrogen-bond donors (Lipinski definition) is 1. The molecule has 1 N–H and O–H groups in total. The van der Waals surface area contributed by atoms with Crippen molar-refractivity contribution in [3.63, 3.8) is 0 Å². The first-order valence-electron chi connectivity index (χ1n) is 8.11. The number of ether oxygens (including phenoxy) is 1. The van der Waals surface area contributed by atoms with Crippen LogP contribution < -0.4 is 0 Å². The highest BCUT2D eigenvalue weighted by atomic mass is 16.6. The minimum Gasteiger partial charge on any atom is -0.459 e. The molecule has 3 heteroatoms. The highest BCUT2D eigenvalue weighted by Gasteiger charge is 2.66. The van der Waals surface area contributed by atoms with E-state index in [4.69, 9.17) is 4.74 Å². The predicted octanol–water partition coefficient (Wildman–Crippen LogP) is 3.05. The van der Waals surface area contributed by atoms with Crippen LogP contribution in [-0.2, 0) is 9.53 Å². The summed E-state index contributed by atoms with van der Waals surface area (Å²) < 4.78 is 6.08. The lowest BCUT2D eigenvalue weighted by Crippen LogP contribution is -2.60. The SMILES string of the molecule is CC1(C)CC1(C)C(=O)OC12CC3CC(CC(O)(C3)C1)C2. The van der Waals surface area contributed by atoms with E-state index in [1.807, 2.05) is 6.92 Å². The first-order chi connectivity index (χ1) is 9.16. The Kier molecular flexibility index (Phi) is 2.25. The van der Waals surface area contributed by atoms with Crippen molar-refractivity contribution in [1.82, 2.24) is 0 Å². The molecule has 5 saturated carbocycles. The molecule has 5 rings (SSSR count). The number of aliphatic hydroxyl groups is 1. The van der Waals surface area contributed by atoms with E-state index in [0.717, 1.165) is 32.1 Å². The zero-order valence-electron chi connectivity index (χ0n) is 12.9. The van der Waals surface area contributed by atoms with Gasteiger partial charge in [0.1, 0.15) is 5.60 Å². The molecule has 3 atom stereocenters. The van der Waals surface area contributed by atoms with Crippen LogP contribution in [0.2, 0.25) is 0 Å². The fourth-order valence-corrected chi connectivity index (χ4v) is 5.75. The molecule has 112 valence electrons. The van der Waals surface area contributed by atoms with Gasteiger partial charge in [0, 0.05) is 6.42 Å². The smallest absolute Gasteiger partial charge is 0.312 e. The average molecular weight is 278 g/mol. The lowest BCUT2D eigenvalue weighted by atomic mass is 9.52. The Morgan fingerprint density at radius 2 is 1.60 bits per heavy atom. The van der Waals surface area contributed by atoms with Gasteiger partial charge in [-0.2, -0.15) is 0 Å². The summed E-state index contributed by atoms with van der Waals surface area (Å²) in [5.41, 5.74) is -1.13. The van der Waals surface area contributed by atoms with Gasteiger partial charge >= 0.3 is 5.97 Å². The van der Waals surface area contributed by atoms with Crippen molar-refractivity contribution < 1.29 is 14.6 Å². The molecule has 3 unspecified atom stereocenters. The van der Waals surface area contributed by atoms with Crippen LogP contribution >= 0.6 is 0 Å². The van der Waals surface area contributed by atoms with Gasteiger partial charge in [-0.3, -0.25) is 4.79 Å². The normalized spacial score (nSPS) is 54.8. The lowest BCUT2D eigenvalue weighted by molar-refractivity contribution is -0.223. The Labute approximate surface area is 121 Å². The van der Waals surface area contributed by atoms with Gasteiger partial charge in [-0.1, -0.05) is 13.8 Å². The molecule has 5 aliphatic carbocycles. The second-order valence-electron chi connectivity index (χ2n) is 9.15. The fourth-order valence-electron chi connectivity index (χ4n) is 5.75. The molecule has 4 bridgehead atoms. The summed E-state index contributed by atoms with van der Waals surface area (Å²) in [5.74, 6) is 1.11. The van der Waals surface area contributed by atoms with E-state index in [9.17, 15) is 9.90 Å². The summed E-state index contributed by atoms with van der Waals surface area (Å²) in [6, 6.07) is 0. The Bertz CT molecular complexity index is 467. The van der Waals surface area contributed by atoms with E-state index < -0.39 is 5.60 Å². The topological polar surface area (TPSA) is 46.5 Å². The average Bonchev–Trinajstić information content (AvgIpc) is 2.74. The van der Waals surface area contributed by atoms with E-state index in [2.05, 4.69) is 13.8 Å². The lowest BCUT2D eigenvalue weighted by Gasteiger charge is -2.59. The van der Waals surface area contributed by atoms with Crippen LogP contribution in [0.3, 0.4) is 0 Å². The number of rotatable bonds is 2. The van der Waals surface area contributed by atoms with Crippen LogP contribution in [-0.4, -0.2) is 22.3 Å². The summed E-state index contributed by atoms with van der Waals surface area (Å²) in [7, 11) is 0. The third-order valence-electron chi connectivity index (χ3n) is 6.90. The summed E-state index contributed by atoms with van der Waals surface area (Å²) in [5, 5.41) is 10.7. The largest absolute Gasteiger partial charge is 0.459 e. The van der Waals surface area contributed by atoms with Crippen molar-refractivity contribution in [1.29, 1.82) is 0 Å². The summed E-state index contributed by atoms with van der Waals surface area (Å²) in [6.45, 7) is 6.31. The molecule has 0 spiro atoms. The van der Waals surface area contributed by atoms with Crippen LogP contribution in [0, 0.1) is 22.7 Å². The second-order valence-corrected chi connectivity index (χ2v) is 9.15. The van der Waals surface area contributed by atoms with Gasteiger partial charge in [-0.05, 0) is 62.7 Å². The van der Waals surface area contributed by atoms with E-state index in [0.29, 0.717) is 18.3 Å². The minimum atomic E-state index is -0.551. The van der Waals surface area contributed by atoms with E-state index >= 15 is 0 Å². The number of carbonyl (C=O) groups is 1. The molecule has 5 aliphatic rings. The van der Waals surface area contributed by atoms with Crippen molar-refractivity contribution >= 4 is 5.97 Å². The molecule has 0 aromatic carbocycles. The van der Waals surface area contributed by atoms with Crippen molar-refractivity contribution in [2.45, 2.75) is 76.9 Å². The first-order valence-corrected chi connectivity index (χ1v) is 8.11. The molecule has 0 aromatic rings. The fraction of sp³-hybridized carbons (Fsp3) is 0.941. The van der Waals surface area contributed by atoms with Crippen LogP contribution in [0.1, 0.15) is 65.7 Å². The standard InChI is InChI=1S/C17H26O3/c1-14(2)9-15(14,3)13(18)20-17-7-11-4-12(8-17)6-16(19,5-11)10-17/h11-12,19H,4-10H2,1-3H3. The van der Waals surface area contributed by atoms with Crippen molar-refractivity contribution in [2.75, 3.05) is 0 Å². The van der Waals surface area contributed by atoms with Gasteiger partial charge in [0.05, 0.1) is 11.0 Å². The minimum absolute atomic E-state index is 0.0203. The molecular weight excluding hydrogens is 252 g/mol. The second kappa shape index (κ2) is 3.43. The maximum absolute atomic E-state index is 12.6. The molecular formula is C17H26O3. The van der Waals surface area contributed by atoms with Crippen molar-refractivity contribution in [3.05, 3.63) is 0 Å². The summed E-state index contributed by atoms with van der Waals surface area (Å²) in [6.07, 6.45) is 6.63. The van der Waals surface area contributed by atoms with Gasteiger partial charge in [0.2, 0.25) is 0 Å². The molecule has 0 amide bonds. The zero-order chi connectivity index (χ0) is 14.4. The van der Waals surface area contributed by atoms with Gasteiger partial charge in [0.15, 0.2) is 0 Å². The van der Waals surface area contributed by atoms with Crippen molar-refractivity contribution in [2.24, 2.45) is 22.7 Å². The number of esters is 1. The van der Waals surface area contributed by atoms with Gasteiger partial charge < -0.3 is 9.84 Å². The maximum Gasteiger partial charge on any atom is 0.312 e. The third kappa shape index (κ3) is 1.65. The van der Waals surface area contributed by atoms with Crippen LogP contribution in [0.4, 0.5) is 0 Å². The monoisotopic (exact) mass is 278 g/mol. The maximum atomic E-state index is 12.6. The summed E-state index contributed by atoms with van der Waals surface area (Å²) >= 11 is 0. The predicted molar refractivity (Wildman–Crippen MR) is 75.0 cm³/mol. The molecule has 20 heavy (non-hydrogen) atoms. The Morgan fingerprint density at radius 3 is 2.05 bits per heavy atom. The molecule has 0 aliphatic heterocycles. The highest BCUT2D eigenvalue weighted by molar-refractivity contribution is 5.81. The first kappa shape index (κ1) is 13.1. The van der Waals surface area contributed by atoms with E-state index in [-0.39, 0.29) is 22.4 Å². The third-order valence-corrected chi connectivity index (χ3v) is 6.90. The Hall–Kier alpha value is -0.570. The van der Waals surface area contributed by atoms with Crippen molar-refractivity contribution in [3.8, 4) is 0 Å². The van der Waals surface area contributed by atoms with Gasteiger partial charge in [0.25, 0.3) is 0 Å². The summed E-state index contributed by atoms with van der Waals surface area (Å²) in [4.78, 5) is 12.6. The Balaban J connectivity index is 1.56. The number of hydrogen-bond acceptors (Lipinski definition) is 3. The molecule has 3 nitrogen and oxygen atoms in total. The molecule has 5 fully saturated rings. The number of carbonyl (C=O) groups excluding carboxylic acids is 1. The molecule has 0 saturated heterocycles.